The second-order valence-corrected chi connectivity index (χ2v) is 6.50. The van der Waals surface area contributed by atoms with Gasteiger partial charge in [-0.2, -0.15) is 0 Å². The lowest BCUT2D eigenvalue weighted by Gasteiger charge is -2.42. The Morgan fingerprint density at radius 1 is 1.33 bits per heavy atom. The monoisotopic (exact) mass is 311 g/mol. The molecular formula is C14H22ClN5O. The van der Waals surface area contributed by atoms with Crippen LogP contribution in [0.1, 0.15) is 26.3 Å². The summed E-state index contributed by atoms with van der Waals surface area (Å²) in [5.41, 5.74) is 6.30. The molecule has 6 nitrogen and oxygen atoms in total. The summed E-state index contributed by atoms with van der Waals surface area (Å²) in [6.45, 7) is 10.3. The van der Waals surface area contributed by atoms with Crippen LogP contribution >= 0.6 is 11.6 Å². The third-order valence-corrected chi connectivity index (χ3v) is 4.16. The van der Waals surface area contributed by atoms with Crippen molar-refractivity contribution in [2.75, 3.05) is 31.1 Å². The Kier molecular flexibility index (Phi) is 4.58. The van der Waals surface area contributed by atoms with Crippen LogP contribution in [-0.4, -0.2) is 52.6 Å². The first-order chi connectivity index (χ1) is 9.84. The van der Waals surface area contributed by atoms with E-state index < -0.39 is 0 Å². The minimum Gasteiger partial charge on any atom is -0.409 e. The van der Waals surface area contributed by atoms with Gasteiger partial charge in [-0.25, -0.2) is 4.98 Å². The van der Waals surface area contributed by atoms with Crippen molar-refractivity contribution in [1.29, 1.82) is 0 Å². The average Bonchev–Trinajstić information content (AvgIpc) is 2.46. The van der Waals surface area contributed by atoms with E-state index in [0.29, 0.717) is 16.4 Å². The standard InChI is InChI=1S/C14H22ClN5O/c1-14(2,3)20-8-6-19(7-9-20)13-11(15)10(4-5-17-13)12(16)18-21/h4-5,21H,6-9H2,1-3H3,(H2,16,18). The van der Waals surface area contributed by atoms with Crippen LogP contribution in [0.25, 0.3) is 0 Å². The molecular weight excluding hydrogens is 290 g/mol. The van der Waals surface area contributed by atoms with E-state index in [1.165, 1.54) is 0 Å². The van der Waals surface area contributed by atoms with E-state index in [0.717, 1.165) is 26.2 Å². The first-order valence-electron chi connectivity index (χ1n) is 6.97. The third kappa shape index (κ3) is 3.39. The summed E-state index contributed by atoms with van der Waals surface area (Å²) in [6, 6.07) is 1.65. The highest BCUT2D eigenvalue weighted by Crippen LogP contribution is 2.28. The predicted octanol–water partition coefficient (Wildman–Crippen LogP) is 1.75. The Morgan fingerprint density at radius 3 is 2.48 bits per heavy atom. The molecule has 2 rings (SSSR count). The zero-order valence-corrected chi connectivity index (χ0v) is 13.4. The fourth-order valence-corrected chi connectivity index (χ4v) is 2.82. The lowest BCUT2D eigenvalue weighted by molar-refractivity contribution is 0.128. The molecule has 21 heavy (non-hydrogen) atoms. The number of aromatic nitrogens is 1. The van der Waals surface area contributed by atoms with Crippen LogP contribution < -0.4 is 10.6 Å². The maximum Gasteiger partial charge on any atom is 0.171 e. The molecule has 1 aliphatic rings. The minimum absolute atomic E-state index is 0.00280. The molecule has 116 valence electrons. The molecule has 0 saturated carbocycles. The van der Waals surface area contributed by atoms with Gasteiger partial charge in [-0.1, -0.05) is 16.8 Å². The molecule has 0 unspecified atom stereocenters. The minimum atomic E-state index is -0.00280. The van der Waals surface area contributed by atoms with E-state index in [1.54, 1.807) is 12.3 Å². The van der Waals surface area contributed by atoms with E-state index >= 15 is 0 Å². The molecule has 1 aromatic rings. The van der Waals surface area contributed by atoms with E-state index in [4.69, 9.17) is 22.5 Å². The lowest BCUT2D eigenvalue weighted by atomic mass is 10.0. The number of amidine groups is 1. The first-order valence-corrected chi connectivity index (χ1v) is 7.35. The molecule has 0 aliphatic carbocycles. The Bertz CT molecular complexity index is 533. The number of anilines is 1. The Hall–Kier alpha value is -1.53. The summed E-state index contributed by atoms with van der Waals surface area (Å²) in [4.78, 5) is 8.92. The van der Waals surface area contributed by atoms with Gasteiger partial charge >= 0.3 is 0 Å². The normalized spacial score (nSPS) is 18.1. The van der Waals surface area contributed by atoms with Crippen molar-refractivity contribution < 1.29 is 5.21 Å². The number of hydrogen-bond acceptors (Lipinski definition) is 5. The van der Waals surface area contributed by atoms with Crippen LogP contribution in [0.2, 0.25) is 5.02 Å². The highest BCUT2D eigenvalue weighted by molar-refractivity contribution is 6.36. The number of oxime groups is 1. The second kappa shape index (κ2) is 6.07. The molecule has 0 aromatic carbocycles. The van der Waals surface area contributed by atoms with E-state index in [1.807, 2.05) is 0 Å². The van der Waals surface area contributed by atoms with Gasteiger partial charge in [0.1, 0.15) is 5.82 Å². The zero-order chi connectivity index (χ0) is 15.6. The van der Waals surface area contributed by atoms with Crippen molar-refractivity contribution in [3.05, 3.63) is 22.8 Å². The van der Waals surface area contributed by atoms with Crippen LogP contribution in [0.5, 0.6) is 0 Å². The summed E-state index contributed by atoms with van der Waals surface area (Å²) < 4.78 is 0. The van der Waals surface area contributed by atoms with Crippen LogP contribution in [0.15, 0.2) is 17.4 Å². The van der Waals surface area contributed by atoms with Crippen LogP contribution in [0.4, 0.5) is 5.82 Å². The van der Waals surface area contributed by atoms with Crippen molar-refractivity contribution in [1.82, 2.24) is 9.88 Å². The van der Waals surface area contributed by atoms with Gasteiger partial charge in [-0.05, 0) is 26.8 Å². The number of nitrogens with zero attached hydrogens (tertiary/aromatic N) is 4. The summed E-state index contributed by atoms with van der Waals surface area (Å²) in [7, 11) is 0. The number of halogens is 1. The van der Waals surface area contributed by atoms with Crippen LogP contribution in [0.3, 0.4) is 0 Å². The van der Waals surface area contributed by atoms with Gasteiger partial charge in [0.15, 0.2) is 5.84 Å². The largest absolute Gasteiger partial charge is 0.409 e. The van der Waals surface area contributed by atoms with Crippen molar-refractivity contribution in [2.24, 2.45) is 10.9 Å². The molecule has 0 atom stereocenters. The van der Waals surface area contributed by atoms with Gasteiger partial charge < -0.3 is 15.8 Å². The van der Waals surface area contributed by atoms with Crippen LogP contribution in [0, 0.1) is 0 Å². The Morgan fingerprint density at radius 2 is 1.95 bits per heavy atom. The predicted molar refractivity (Wildman–Crippen MR) is 85.3 cm³/mol. The quantitative estimate of drug-likeness (QED) is 0.376. The van der Waals surface area contributed by atoms with E-state index in [-0.39, 0.29) is 11.4 Å². The van der Waals surface area contributed by atoms with Gasteiger partial charge in [0.05, 0.1) is 5.02 Å². The number of hydrogen-bond donors (Lipinski definition) is 2. The Labute approximate surface area is 130 Å². The van der Waals surface area contributed by atoms with Crippen molar-refractivity contribution in [3.63, 3.8) is 0 Å². The number of piperazine rings is 1. The maximum absolute atomic E-state index is 8.80. The molecule has 1 fully saturated rings. The first kappa shape index (κ1) is 15.9. The highest BCUT2D eigenvalue weighted by Gasteiger charge is 2.27. The summed E-state index contributed by atoms with van der Waals surface area (Å²) in [5, 5.41) is 12.2. The van der Waals surface area contributed by atoms with Crippen molar-refractivity contribution in [3.8, 4) is 0 Å². The molecule has 7 heteroatoms. The molecule has 0 radical (unpaired) electrons. The SMILES string of the molecule is CC(C)(C)N1CCN(c2nccc(/C(N)=N/O)c2Cl)CC1. The molecule has 1 aromatic heterocycles. The van der Waals surface area contributed by atoms with E-state index in [2.05, 4.69) is 40.7 Å². The molecule has 1 saturated heterocycles. The zero-order valence-electron chi connectivity index (χ0n) is 12.7. The van der Waals surface area contributed by atoms with Crippen LogP contribution in [-0.2, 0) is 0 Å². The fraction of sp³-hybridized carbons (Fsp3) is 0.571. The smallest absolute Gasteiger partial charge is 0.171 e. The van der Waals surface area contributed by atoms with Crippen molar-refractivity contribution >= 4 is 23.3 Å². The molecule has 0 amide bonds. The molecule has 0 spiro atoms. The van der Waals surface area contributed by atoms with Gasteiger partial charge in [-0.3, -0.25) is 4.90 Å². The highest BCUT2D eigenvalue weighted by atomic mass is 35.5. The summed E-state index contributed by atoms with van der Waals surface area (Å²) >= 11 is 6.35. The van der Waals surface area contributed by atoms with Gasteiger partial charge in [0.2, 0.25) is 0 Å². The van der Waals surface area contributed by atoms with Crippen molar-refractivity contribution in [2.45, 2.75) is 26.3 Å². The third-order valence-electron chi connectivity index (χ3n) is 3.78. The number of nitrogens with two attached hydrogens (primary N) is 1. The molecule has 0 bridgehead atoms. The number of pyridine rings is 1. The lowest BCUT2D eigenvalue weighted by Crippen LogP contribution is -2.53. The summed E-state index contributed by atoms with van der Waals surface area (Å²) in [5.74, 6) is 0.686. The average molecular weight is 312 g/mol. The van der Waals surface area contributed by atoms with Gasteiger partial charge in [0.25, 0.3) is 0 Å². The van der Waals surface area contributed by atoms with E-state index in [9.17, 15) is 0 Å². The summed E-state index contributed by atoms with van der Waals surface area (Å²) in [6.07, 6.45) is 1.63. The molecule has 2 heterocycles. The molecule has 1 aliphatic heterocycles. The second-order valence-electron chi connectivity index (χ2n) is 6.13. The van der Waals surface area contributed by atoms with Gasteiger partial charge in [-0.15, -0.1) is 0 Å². The van der Waals surface area contributed by atoms with Gasteiger partial charge in [0, 0.05) is 43.5 Å². The topological polar surface area (TPSA) is 78.0 Å². The number of rotatable bonds is 2. The molecule has 3 N–H and O–H groups in total. The fourth-order valence-electron chi connectivity index (χ4n) is 2.49. The maximum atomic E-state index is 8.80. The Balaban J connectivity index is 2.18.